The maximum atomic E-state index is 11.3. The van der Waals surface area contributed by atoms with Gasteiger partial charge in [-0.05, 0) is 46.2 Å². The van der Waals surface area contributed by atoms with Gasteiger partial charge in [0.25, 0.3) is 5.69 Å². The highest BCUT2D eigenvalue weighted by Crippen LogP contribution is 2.34. The number of nitrogens with zero attached hydrogens (tertiary/aromatic N) is 2. The molecule has 3 rings (SSSR count). The van der Waals surface area contributed by atoms with Gasteiger partial charge in [-0.15, -0.1) is 11.3 Å². The fourth-order valence-corrected chi connectivity index (χ4v) is 3.67. The van der Waals surface area contributed by atoms with Gasteiger partial charge in [0.1, 0.15) is 11.8 Å². The smallest absolute Gasteiger partial charge is 0.293 e. The minimum absolute atomic E-state index is 0.0161. The van der Waals surface area contributed by atoms with Crippen molar-refractivity contribution in [2.45, 2.75) is 6.10 Å². The largest absolute Gasteiger partial charge is 0.369 e. The molecule has 1 aromatic heterocycles. The predicted octanol–water partition coefficient (Wildman–Crippen LogP) is 3.84. The summed E-state index contributed by atoms with van der Waals surface area (Å²) >= 11 is 3.75. The highest BCUT2D eigenvalue weighted by Gasteiger charge is 2.27. The summed E-state index contributed by atoms with van der Waals surface area (Å²) in [6.07, 6.45) is -0.0161. The SMILES string of the molecule is O=[N+]([O-])c1cc(I)ccc1N1CCOC(c2cccs2)C1. The number of hydrogen-bond acceptors (Lipinski definition) is 5. The van der Waals surface area contributed by atoms with E-state index in [0.29, 0.717) is 25.4 Å². The van der Waals surface area contributed by atoms with Gasteiger partial charge in [0.15, 0.2) is 0 Å². The molecular formula is C14H13IN2O3S. The van der Waals surface area contributed by atoms with Gasteiger partial charge in [-0.2, -0.15) is 0 Å². The van der Waals surface area contributed by atoms with E-state index in [0.717, 1.165) is 8.45 Å². The molecule has 0 bridgehead atoms. The standard InChI is InChI=1S/C14H13IN2O3S/c15-10-3-4-11(12(8-10)17(18)19)16-5-6-20-13(9-16)14-2-1-7-21-14/h1-4,7-8,13H,5-6,9H2. The summed E-state index contributed by atoms with van der Waals surface area (Å²) in [5.74, 6) is 0. The molecule has 1 saturated heterocycles. The fraction of sp³-hybridized carbons (Fsp3) is 0.286. The lowest BCUT2D eigenvalue weighted by Gasteiger charge is -2.33. The molecule has 1 atom stereocenters. The van der Waals surface area contributed by atoms with Gasteiger partial charge in [-0.1, -0.05) is 6.07 Å². The van der Waals surface area contributed by atoms with Crippen LogP contribution in [0.4, 0.5) is 11.4 Å². The van der Waals surface area contributed by atoms with Gasteiger partial charge in [0.2, 0.25) is 0 Å². The summed E-state index contributed by atoms with van der Waals surface area (Å²) in [5, 5.41) is 13.3. The molecule has 1 aliphatic heterocycles. The van der Waals surface area contributed by atoms with Gasteiger partial charge in [-0.3, -0.25) is 10.1 Å². The third-order valence-electron chi connectivity index (χ3n) is 3.40. The molecule has 7 heteroatoms. The molecule has 1 aromatic carbocycles. The van der Waals surface area contributed by atoms with Crippen LogP contribution in [-0.2, 0) is 4.74 Å². The Hall–Kier alpha value is -1.19. The van der Waals surface area contributed by atoms with Crippen LogP contribution < -0.4 is 4.90 Å². The fourth-order valence-electron chi connectivity index (χ4n) is 2.42. The van der Waals surface area contributed by atoms with E-state index in [2.05, 4.69) is 22.6 Å². The second kappa shape index (κ2) is 6.29. The van der Waals surface area contributed by atoms with Crippen LogP contribution in [0.25, 0.3) is 0 Å². The van der Waals surface area contributed by atoms with E-state index in [1.54, 1.807) is 17.4 Å². The lowest BCUT2D eigenvalue weighted by atomic mass is 10.2. The number of nitro benzene ring substituents is 1. The molecule has 1 aliphatic rings. The molecular weight excluding hydrogens is 403 g/mol. The number of anilines is 1. The Morgan fingerprint density at radius 3 is 3.00 bits per heavy atom. The van der Waals surface area contributed by atoms with Gasteiger partial charge in [0, 0.05) is 27.6 Å². The second-order valence-electron chi connectivity index (χ2n) is 4.71. The first-order valence-electron chi connectivity index (χ1n) is 6.49. The molecule has 21 heavy (non-hydrogen) atoms. The van der Waals surface area contributed by atoms with E-state index in [-0.39, 0.29) is 16.7 Å². The molecule has 110 valence electrons. The van der Waals surface area contributed by atoms with E-state index in [4.69, 9.17) is 4.74 Å². The maximum Gasteiger partial charge on any atom is 0.293 e. The third-order valence-corrected chi connectivity index (χ3v) is 5.04. The Balaban J connectivity index is 1.88. The van der Waals surface area contributed by atoms with Crippen molar-refractivity contribution in [2.24, 2.45) is 0 Å². The topological polar surface area (TPSA) is 55.6 Å². The minimum atomic E-state index is -0.312. The van der Waals surface area contributed by atoms with Crippen LogP contribution in [0.15, 0.2) is 35.7 Å². The normalized spacial score (nSPS) is 18.7. The monoisotopic (exact) mass is 416 g/mol. The predicted molar refractivity (Wildman–Crippen MR) is 91.0 cm³/mol. The van der Waals surface area contributed by atoms with Crippen LogP contribution in [-0.4, -0.2) is 24.6 Å². The van der Waals surface area contributed by atoms with Crippen LogP contribution in [0.3, 0.4) is 0 Å². The number of nitro groups is 1. The number of benzene rings is 1. The van der Waals surface area contributed by atoms with Crippen LogP contribution in [0.2, 0.25) is 0 Å². The Bertz CT molecular complexity index is 648. The first-order chi connectivity index (χ1) is 10.1. The van der Waals surface area contributed by atoms with Crippen molar-refractivity contribution in [3.63, 3.8) is 0 Å². The van der Waals surface area contributed by atoms with Gasteiger partial charge in [0.05, 0.1) is 11.5 Å². The van der Waals surface area contributed by atoms with Crippen molar-refractivity contribution < 1.29 is 9.66 Å². The number of ether oxygens (including phenoxy) is 1. The van der Waals surface area contributed by atoms with Crippen molar-refractivity contribution in [2.75, 3.05) is 24.6 Å². The third kappa shape index (κ3) is 3.19. The van der Waals surface area contributed by atoms with Crippen molar-refractivity contribution >= 4 is 45.3 Å². The molecule has 1 unspecified atom stereocenters. The van der Waals surface area contributed by atoms with Gasteiger partial charge < -0.3 is 9.64 Å². The van der Waals surface area contributed by atoms with Crippen LogP contribution in [0.1, 0.15) is 11.0 Å². The first-order valence-corrected chi connectivity index (χ1v) is 8.45. The molecule has 0 amide bonds. The Kier molecular flexibility index (Phi) is 4.41. The summed E-state index contributed by atoms with van der Waals surface area (Å²) in [7, 11) is 0. The number of morpholine rings is 1. The van der Waals surface area contributed by atoms with Crippen LogP contribution >= 0.6 is 33.9 Å². The highest BCUT2D eigenvalue weighted by atomic mass is 127. The molecule has 0 N–H and O–H groups in total. The van der Waals surface area contributed by atoms with E-state index in [1.807, 2.05) is 34.5 Å². The summed E-state index contributed by atoms with van der Waals surface area (Å²) in [5.41, 5.74) is 0.832. The zero-order valence-corrected chi connectivity index (χ0v) is 14.0. The summed E-state index contributed by atoms with van der Waals surface area (Å²) < 4.78 is 6.66. The Morgan fingerprint density at radius 1 is 1.43 bits per heavy atom. The maximum absolute atomic E-state index is 11.3. The molecule has 0 spiro atoms. The van der Waals surface area contributed by atoms with Crippen molar-refractivity contribution in [3.8, 4) is 0 Å². The zero-order chi connectivity index (χ0) is 14.8. The van der Waals surface area contributed by atoms with Crippen LogP contribution in [0, 0.1) is 13.7 Å². The lowest BCUT2D eigenvalue weighted by molar-refractivity contribution is -0.384. The molecule has 0 aliphatic carbocycles. The van der Waals surface area contributed by atoms with E-state index < -0.39 is 0 Å². The number of thiophene rings is 1. The molecule has 0 radical (unpaired) electrons. The van der Waals surface area contributed by atoms with Gasteiger partial charge >= 0.3 is 0 Å². The van der Waals surface area contributed by atoms with Crippen molar-refractivity contribution in [3.05, 3.63) is 54.3 Å². The van der Waals surface area contributed by atoms with Gasteiger partial charge in [-0.25, -0.2) is 0 Å². The molecule has 2 aromatic rings. The van der Waals surface area contributed by atoms with E-state index in [9.17, 15) is 10.1 Å². The lowest BCUT2D eigenvalue weighted by Crippen LogP contribution is -2.38. The number of halogens is 1. The van der Waals surface area contributed by atoms with Crippen LogP contribution in [0.5, 0.6) is 0 Å². The molecule has 0 saturated carbocycles. The average Bonchev–Trinajstić information content (AvgIpc) is 3.01. The number of rotatable bonds is 3. The van der Waals surface area contributed by atoms with Crippen molar-refractivity contribution in [1.29, 1.82) is 0 Å². The first kappa shape index (κ1) is 14.7. The average molecular weight is 416 g/mol. The van der Waals surface area contributed by atoms with Crippen molar-refractivity contribution in [1.82, 2.24) is 0 Å². The second-order valence-corrected chi connectivity index (χ2v) is 6.94. The molecule has 1 fully saturated rings. The zero-order valence-electron chi connectivity index (χ0n) is 11.1. The quantitative estimate of drug-likeness (QED) is 0.434. The highest BCUT2D eigenvalue weighted by molar-refractivity contribution is 14.1. The molecule has 5 nitrogen and oxygen atoms in total. The summed E-state index contributed by atoms with van der Waals surface area (Å²) in [6, 6.07) is 9.39. The minimum Gasteiger partial charge on any atom is -0.369 e. The van der Waals surface area contributed by atoms with E-state index >= 15 is 0 Å². The number of hydrogen-bond donors (Lipinski definition) is 0. The summed E-state index contributed by atoms with van der Waals surface area (Å²) in [4.78, 5) is 14.2. The summed E-state index contributed by atoms with van der Waals surface area (Å²) in [6.45, 7) is 1.89. The Labute approximate surface area is 139 Å². The molecule has 2 heterocycles. The Morgan fingerprint density at radius 2 is 2.29 bits per heavy atom. The van der Waals surface area contributed by atoms with E-state index in [1.165, 1.54) is 0 Å².